The lowest BCUT2D eigenvalue weighted by atomic mass is 10.1. The number of benzene rings is 1. The summed E-state index contributed by atoms with van der Waals surface area (Å²) in [5, 5.41) is 1.24. The van der Waals surface area contributed by atoms with Crippen molar-refractivity contribution in [3.8, 4) is 0 Å². The third-order valence-electron chi connectivity index (χ3n) is 7.04. The van der Waals surface area contributed by atoms with Crippen LogP contribution in [0.4, 0.5) is 0 Å². The monoisotopic (exact) mass is 445 g/mol. The van der Waals surface area contributed by atoms with E-state index >= 15 is 0 Å². The van der Waals surface area contributed by atoms with Crippen molar-refractivity contribution in [3.05, 3.63) is 59.3 Å². The fourth-order valence-electron chi connectivity index (χ4n) is 5.11. The van der Waals surface area contributed by atoms with Gasteiger partial charge in [-0.2, -0.15) is 0 Å². The van der Waals surface area contributed by atoms with Gasteiger partial charge in [0, 0.05) is 61.8 Å². The summed E-state index contributed by atoms with van der Waals surface area (Å²) in [5.74, 6) is 1.13. The molecule has 2 aliphatic heterocycles. The number of aromatic nitrogens is 3. The van der Waals surface area contributed by atoms with Crippen LogP contribution in [0, 0.1) is 6.92 Å². The van der Waals surface area contributed by atoms with Gasteiger partial charge in [0.15, 0.2) is 0 Å². The number of fused-ring (bicyclic) bond motifs is 1. The van der Waals surface area contributed by atoms with Gasteiger partial charge in [0.05, 0.1) is 11.3 Å². The number of carbonyl (C=O) groups excluding carboxylic acids is 2. The molecule has 3 aromatic rings. The molecule has 2 amide bonds. The second kappa shape index (κ2) is 9.33. The van der Waals surface area contributed by atoms with Crippen molar-refractivity contribution in [1.29, 1.82) is 0 Å². The lowest BCUT2D eigenvalue weighted by Crippen LogP contribution is -2.29. The molecule has 2 saturated heterocycles. The van der Waals surface area contributed by atoms with E-state index in [0.29, 0.717) is 18.5 Å². The molecule has 2 fully saturated rings. The Bertz CT molecular complexity index is 1160. The van der Waals surface area contributed by atoms with Gasteiger partial charge in [-0.25, -0.2) is 9.97 Å². The highest BCUT2D eigenvalue weighted by molar-refractivity contribution is 5.95. The van der Waals surface area contributed by atoms with Gasteiger partial charge in [0.2, 0.25) is 5.91 Å². The lowest BCUT2D eigenvalue weighted by Gasteiger charge is -2.18. The Hall–Kier alpha value is -3.22. The number of nitrogens with zero attached hydrogens (tertiary/aromatic N) is 4. The van der Waals surface area contributed by atoms with Crippen molar-refractivity contribution in [2.45, 2.75) is 51.4 Å². The second-order valence-corrected chi connectivity index (χ2v) is 9.26. The molecule has 0 saturated carbocycles. The molecule has 2 aliphatic rings. The number of para-hydroxylation sites is 1. The van der Waals surface area contributed by atoms with Crippen LogP contribution in [0.2, 0.25) is 0 Å². The summed E-state index contributed by atoms with van der Waals surface area (Å²) in [6, 6.07) is 8.28. The molecule has 7 heteroatoms. The normalized spacial score (nSPS) is 18.4. The van der Waals surface area contributed by atoms with E-state index in [4.69, 9.17) is 0 Å². The van der Waals surface area contributed by atoms with E-state index < -0.39 is 0 Å². The van der Waals surface area contributed by atoms with Gasteiger partial charge in [-0.3, -0.25) is 9.59 Å². The predicted molar refractivity (Wildman–Crippen MR) is 127 cm³/mol. The van der Waals surface area contributed by atoms with Gasteiger partial charge < -0.3 is 14.8 Å². The number of hydrogen-bond acceptors (Lipinski definition) is 4. The largest absolute Gasteiger partial charge is 0.361 e. The van der Waals surface area contributed by atoms with Gasteiger partial charge in [0.1, 0.15) is 5.82 Å². The Morgan fingerprint density at radius 3 is 2.76 bits per heavy atom. The number of aryl methyl sites for hydroxylation is 2. The maximum atomic E-state index is 12.8. The van der Waals surface area contributed by atoms with Crippen LogP contribution in [0.5, 0.6) is 0 Å². The number of amides is 2. The van der Waals surface area contributed by atoms with Crippen LogP contribution in [0.25, 0.3) is 10.9 Å². The summed E-state index contributed by atoms with van der Waals surface area (Å²) in [4.78, 5) is 41.8. The van der Waals surface area contributed by atoms with E-state index in [1.54, 1.807) is 6.20 Å². The maximum absolute atomic E-state index is 12.8. The standard InChI is InChI=1S/C26H31N5O2/c1-18-22(26(33)30-12-4-5-13-30)16-28-25(29-18)20-11-14-31(17-20)24(32)10-6-7-19-15-27-23-9-3-2-8-21(19)23/h2-3,8-9,15-16,20,27H,4-7,10-14,17H2,1H3. The van der Waals surface area contributed by atoms with E-state index in [-0.39, 0.29) is 17.7 Å². The number of rotatable bonds is 6. The molecule has 1 N–H and O–H groups in total. The number of H-pyrrole nitrogens is 1. The minimum Gasteiger partial charge on any atom is -0.361 e. The minimum absolute atomic E-state index is 0.0370. The van der Waals surface area contributed by atoms with E-state index in [2.05, 4.69) is 33.3 Å². The van der Waals surface area contributed by atoms with E-state index in [1.165, 1.54) is 10.9 Å². The first-order chi connectivity index (χ1) is 16.1. The molecular weight excluding hydrogens is 414 g/mol. The quantitative estimate of drug-likeness (QED) is 0.625. The molecule has 0 radical (unpaired) electrons. The average Bonchev–Trinajstić information content (AvgIpc) is 3.60. The summed E-state index contributed by atoms with van der Waals surface area (Å²) in [5.41, 5.74) is 3.75. The second-order valence-electron chi connectivity index (χ2n) is 9.26. The third-order valence-corrected chi connectivity index (χ3v) is 7.04. The molecule has 7 nitrogen and oxygen atoms in total. The van der Waals surface area contributed by atoms with Crippen LogP contribution >= 0.6 is 0 Å². The Labute approximate surface area is 194 Å². The van der Waals surface area contributed by atoms with Crippen molar-refractivity contribution in [3.63, 3.8) is 0 Å². The van der Waals surface area contributed by atoms with Gasteiger partial charge in [0.25, 0.3) is 5.91 Å². The van der Waals surface area contributed by atoms with Crippen LogP contribution in [0.1, 0.15) is 65.5 Å². The zero-order chi connectivity index (χ0) is 22.8. The minimum atomic E-state index is 0.0370. The molecule has 172 valence electrons. The van der Waals surface area contributed by atoms with Crippen molar-refractivity contribution in [2.24, 2.45) is 0 Å². The number of carbonyl (C=O) groups is 2. The van der Waals surface area contributed by atoms with Gasteiger partial charge in [-0.15, -0.1) is 0 Å². The first-order valence-electron chi connectivity index (χ1n) is 12.1. The molecule has 1 atom stereocenters. The molecule has 4 heterocycles. The Balaban J connectivity index is 1.15. The molecular formula is C26H31N5O2. The molecule has 5 rings (SSSR count). The lowest BCUT2D eigenvalue weighted by molar-refractivity contribution is -0.130. The van der Waals surface area contributed by atoms with E-state index in [1.807, 2.05) is 28.9 Å². The zero-order valence-electron chi connectivity index (χ0n) is 19.2. The predicted octanol–water partition coefficient (Wildman–Crippen LogP) is 3.84. The Kier molecular flexibility index (Phi) is 6.11. The molecule has 0 bridgehead atoms. The van der Waals surface area contributed by atoms with Crippen LogP contribution in [0.3, 0.4) is 0 Å². The summed E-state index contributed by atoms with van der Waals surface area (Å²) in [6.45, 7) is 4.93. The molecule has 1 unspecified atom stereocenters. The Morgan fingerprint density at radius 1 is 1.12 bits per heavy atom. The van der Waals surface area contributed by atoms with E-state index in [0.717, 1.165) is 68.8 Å². The number of likely N-dealkylation sites (tertiary alicyclic amines) is 2. The number of aromatic amines is 1. The van der Waals surface area contributed by atoms with Crippen molar-refractivity contribution < 1.29 is 9.59 Å². The summed E-state index contributed by atoms with van der Waals surface area (Å²) >= 11 is 0. The van der Waals surface area contributed by atoms with Crippen LogP contribution in [-0.2, 0) is 11.2 Å². The fraction of sp³-hybridized carbons (Fsp3) is 0.462. The van der Waals surface area contributed by atoms with Crippen LogP contribution in [-0.4, -0.2) is 62.7 Å². The highest BCUT2D eigenvalue weighted by atomic mass is 16.2. The SMILES string of the molecule is Cc1nc(C2CCN(C(=O)CCCc3c[nH]c4ccccc34)C2)ncc1C(=O)N1CCCC1. The van der Waals surface area contributed by atoms with Crippen molar-refractivity contribution in [2.75, 3.05) is 26.2 Å². The van der Waals surface area contributed by atoms with E-state index in [9.17, 15) is 9.59 Å². The van der Waals surface area contributed by atoms with Crippen LogP contribution < -0.4 is 0 Å². The summed E-state index contributed by atoms with van der Waals surface area (Å²) < 4.78 is 0. The number of nitrogens with one attached hydrogen (secondary N) is 1. The fourth-order valence-corrected chi connectivity index (χ4v) is 5.11. The third kappa shape index (κ3) is 4.49. The highest BCUT2D eigenvalue weighted by Crippen LogP contribution is 2.27. The summed E-state index contributed by atoms with van der Waals surface area (Å²) in [7, 11) is 0. The molecule has 1 aromatic carbocycles. The zero-order valence-corrected chi connectivity index (χ0v) is 19.2. The van der Waals surface area contributed by atoms with Gasteiger partial charge in [-0.1, -0.05) is 18.2 Å². The maximum Gasteiger partial charge on any atom is 0.257 e. The number of hydrogen-bond donors (Lipinski definition) is 1. The highest BCUT2D eigenvalue weighted by Gasteiger charge is 2.30. The van der Waals surface area contributed by atoms with Gasteiger partial charge >= 0.3 is 0 Å². The Morgan fingerprint density at radius 2 is 1.94 bits per heavy atom. The van der Waals surface area contributed by atoms with Crippen LogP contribution in [0.15, 0.2) is 36.7 Å². The van der Waals surface area contributed by atoms with Crippen molar-refractivity contribution >= 4 is 22.7 Å². The summed E-state index contributed by atoms with van der Waals surface area (Å²) in [6.07, 6.45) is 9.02. The molecule has 0 spiro atoms. The molecule has 0 aliphatic carbocycles. The first-order valence-corrected chi connectivity index (χ1v) is 12.1. The van der Waals surface area contributed by atoms with Gasteiger partial charge in [-0.05, 0) is 50.7 Å². The molecule has 33 heavy (non-hydrogen) atoms. The smallest absolute Gasteiger partial charge is 0.257 e. The topological polar surface area (TPSA) is 82.2 Å². The molecule has 2 aromatic heterocycles. The van der Waals surface area contributed by atoms with Crippen molar-refractivity contribution in [1.82, 2.24) is 24.8 Å². The first kappa shape index (κ1) is 21.6. The average molecular weight is 446 g/mol.